The van der Waals surface area contributed by atoms with E-state index < -0.39 is 5.79 Å². The predicted molar refractivity (Wildman–Crippen MR) is 85.1 cm³/mol. The van der Waals surface area contributed by atoms with Gasteiger partial charge >= 0.3 is 6.03 Å². The molecule has 24 heavy (non-hydrogen) atoms. The Bertz CT molecular complexity index is 549. The van der Waals surface area contributed by atoms with Crippen molar-refractivity contribution in [3.05, 3.63) is 0 Å². The Hall–Kier alpha value is -1.14. The van der Waals surface area contributed by atoms with E-state index in [4.69, 9.17) is 9.47 Å². The molecular formula is C18H26N2O4. The van der Waals surface area contributed by atoms with Gasteiger partial charge in [0.05, 0.1) is 13.2 Å². The molecule has 3 atom stereocenters. The van der Waals surface area contributed by atoms with Crippen molar-refractivity contribution in [2.75, 3.05) is 13.2 Å². The first kappa shape index (κ1) is 15.1. The second-order valence-electron chi connectivity index (χ2n) is 8.10. The lowest BCUT2D eigenvalue weighted by Crippen LogP contribution is -2.48. The summed E-state index contributed by atoms with van der Waals surface area (Å²) < 4.78 is 11.5. The molecule has 3 saturated heterocycles. The molecule has 3 amide bonds. The van der Waals surface area contributed by atoms with E-state index in [2.05, 4.69) is 0 Å². The van der Waals surface area contributed by atoms with Gasteiger partial charge in [-0.15, -0.1) is 0 Å². The minimum atomic E-state index is -0.438. The molecule has 6 nitrogen and oxygen atoms in total. The van der Waals surface area contributed by atoms with Gasteiger partial charge in [-0.2, -0.15) is 0 Å². The number of carbonyl (C=O) groups is 2. The van der Waals surface area contributed by atoms with Crippen LogP contribution in [0.3, 0.4) is 0 Å². The van der Waals surface area contributed by atoms with Crippen molar-refractivity contribution in [3.8, 4) is 0 Å². The highest BCUT2D eigenvalue weighted by atomic mass is 16.7. The molecule has 5 aliphatic rings. The van der Waals surface area contributed by atoms with E-state index in [1.54, 1.807) is 4.90 Å². The highest BCUT2D eigenvalue weighted by Gasteiger charge is 2.57. The summed E-state index contributed by atoms with van der Waals surface area (Å²) in [6, 6.07) is 0.131. The van der Waals surface area contributed by atoms with Crippen LogP contribution in [0.2, 0.25) is 0 Å². The van der Waals surface area contributed by atoms with Gasteiger partial charge in [-0.1, -0.05) is 12.8 Å². The monoisotopic (exact) mass is 334 g/mol. The van der Waals surface area contributed by atoms with E-state index in [0.29, 0.717) is 25.2 Å². The van der Waals surface area contributed by atoms with Crippen molar-refractivity contribution in [1.29, 1.82) is 0 Å². The van der Waals surface area contributed by atoms with Crippen molar-refractivity contribution in [1.82, 2.24) is 9.80 Å². The molecule has 0 radical (unpaired) electrons. The quantitative estimate of drug-likeness (QED) is 0.690. The van der Waals surface area contributed by atoms with Crippen LogP contribution in [-0.2, 0) is 14.3 Å². The number of urea groups is 1. The number of nitrogens with zero attached hydrogens (tertiary/aromatic N) is 2. The Morgan fingerprint density at radius 3 is 2.42 bits per heavy atom. The summed E-state index contributed by atoms with van der Waals surface area (Å²) in [6.07, 6.45) is 8.73. The Labute approximate surface area is 142 Å². The number of hydrogen-bond donors (Lipinski definition) is 0. The smallest absolute Gasteiger partial charge is 0.327 e. The molecule has 6 heteroatoms. The largest absolute Gasteiger partial charge is 0.348 e. The fraction of sp³-hybridized carbons (Fsp3) is 0.889. The summed E-state index contributed by atoms with van der Waals surface area (Å²) in [5.74, 6) is 0.171. The number of imide groups is 1. The van der Waals surface area contributed by atoms with E-state index in [1.807, 2.05) is 4.90 Å². The molecule has 0 N–H and O–H groups in total. The van der Waals surface area contributed by atoms with Crippen molar-refractivity contribution >= 4 is 11.9 Å². The summed E-state index contributed by atoms with van der Waals surface area (Å²) in [5.41, 5.74) is 0. The van der Waals surface area contributed by atoms with Crippen LogP contribution in [0.25, 0.3) is 0 Å². The number of fused-ring (bicyclic) bond motifs is 3. The molecule has 5 rings (SSSR count). The van der Waals surface area contributed by atoms with Gasteiger partial charge in [0.15, 0.2) is 5.79 Å². The maximum Gasteiger partial charge on any atom is 0.327 e. The van der Waals surface area contributed by atoms with Crippen molar-refractivity contribution < 1.29 is 19.1 Å². The van der Waals surface area contributed by atoms with Crippen LogP contribution in [0, 0.1) is 5.92 Å². The first-order chi connectivity index (χ1) is 11.7. The topological polar surface area (TPSA) is 59.1 Å². The van der Waals surface area contributed by atoms with E-state index in [9.17, 15) is 9.59 Å². The molecule has 2 saturated carbocycles. The Morgan fingerprint density at radius 1 is 0.958 bits per heavy atom. The minimum absolute atomic E-state index is 0.0198. The second-order valence-corrected chi connectivity index (χ2v) is 8.10. The molecule has 132 valence electrons. The Balaban J connectivity index is 1.32. The number of rotatable bonds is 1. The number of hydrogen-bond acceptors (Lipinski definition) is 4. The molecule has 1 spiro atoms. The van der Waals surface area contributed by atoms with Crippen molar-refractivity contribution in [2.45, 2.75) is 81.7 Å². The van der Waals surface area contributed by atoms with Gasteiger partial charge in [0.2, 0.25) is 0 Å². The molecule has 3 heterocycles. The van der Waals surface area contributed by atoms with Gasteiger partial charge in [-0.3, -0.25) is 9.69 Å². The predicted octanol–water partition coefficient (Wildman–Crippen LogP) is 2.27. The van der Waals surface area contributed by atoms with E-state index >= 15 is 0 Å². The molecular weight excluding hydrogens is 308 g/mol. The molecule has 3 aliphatic heterocycles. The molecule has 5 fully saturated rings. The lowest BCUT2D eigenvalue weighted by atomic mass is 9.84. The van der Waals surface area contributed by atoms with Crippen LogP contribution in [-0.4, -0.2) is 58.9 Å². The molecule has 0 aromatic carbocycles. The SMILES string of the molecule is O=C1[C@@H]2C[C@@H]3CCCC[C@H]3N2C(=O)N1C1CCC2(CC1)OCCO2. The summed E-state index contributed by atoms with van der Waals surface area (Å²) >= 11 is 0. The fourth-order valence-corrected chi connectivity index (χ4v) is 5.76. The third-order valence-corrected chi connectivity index (χ3v) is 6.93. The molecule has 0 aromatic rings. The van der Waals surface area contributed by atoms with Crippen LogP contribution in [0.4, 0.5) is 4.79 Å². The maximum atomic E-state index is 13.0. The van der Waals surface area contributed by atoms with Crippen molar-refractivity contribution in [2.24, 2.45) is 5.92 Å². The average molecular weight is 334 g/mol. The maximum absolute atomic E-state index is 13.0. The van der Waals surface area contributed by atoms with Gasteiger partial charge in [0.1, 0.15) is 6.04 Å². The van der Waals surface area contributed by atoms with Gasteiger partial charge in [-0.25, -0.2) is 4.79 Å². The second kappa shape index (κ2) is 5.43. The van der Waals surface area contributed by atoms with E-state index in [1.165, 1.54) is 19.3 Å². The zero-order valence-corrected chi connectivity index (χ0v) is 14.1. The van der Waals surface area contributed by atoms with Gasteiger partial charge < -0.3 is 14.4 Å². The summed E-state index contributed by atoms with van der Waals surface area (Å²) in [5, 5.41) is 0. The number of ether oxygens (including phenoxy) is 2. The van der Waals surface area contributed by atoms with Crippen molar-refractivity contribution in [3.63, 3.8) is 0 Å². The summed E-state index contributed by atoms with van der Waals surface area (Å²) in [4.78, 5) is 29.5. The Kier molecular flexibility index (Phi) is 3.42. The highest BCUT2D eigenvalue weighted by Crippen LogP contribution is 2.45. The average Bonchev–Trinajstić information content (AvgIpc) is 3.26. The molecule has 0 bridgehead atoms. The molecule has 0 aromatic heterocycles. The van der Waals surface area contributed by atoms with E-state index in [-0.39, 0.29) is 24.0 Å². The summed E-state index contributed by atoms with van der Waals surface area (Å²) in [7, 11) is 0. The standard InChI is InChI=1S/C18H26N2O4/c21-16-15-11-12-3-1-2-4-14(12)20(15)17(22)19(16)13-5-7-18(8-6-13)23-9-10-24-18/h12-15H,1-11H2/t12-,14+,15-/m0/s1. The third-order valence-electron chi connectivity index (χ3n) is 6.93. The van der Waals surface area contributed by atoms with Crippen LogP contribution in [0.15, 0.2) is 0 Å². The number of carbonyl (C=O) groups excluding carboxylic acids is 2. The highest BCUT2D eigenvalue weighted by molar-refractivity contribution is 6.05. The third kappa shape index (κ3) is 2.08. The lowest BCUT2D eigenvalue weighted by molar-refractivity contribution is -0.183. The van der Waals surface area contributed by atoms with Crippen LogP contribution < -0.4 is 0 Å². The van der Waals surface area contributed by atoms with E-state index in [0.717, 1.165) is 38.5 Å². The van der Waals surface area contributed by atoms with Crippen LogP contribution in [0.5, 0.6) is 0 Å². The van der Waals surface area contributed by atoms with Gasteiger partial charge in [0.25, 0.3) is 5.91 Å². The summed E-state index contributed by atoms with van der Waals surface area (Å²) in [6.45, 7) is 1.32. The minimum Gasteiger partial charge on any atom is -0.348 e. The lowest BCUT2D eigenvalue weighted by Gasteiger charge is -2.38. The molecule has 0 unspecified atom stereocenters. The van der Waals surface area contributed by atoms with Gasteiger partial charge in [0, 0.05) is 24.9 Å². The van der Waals surface area contributed by atoms with Crippen LogP contribution >= 0.6 is 0 Å². The zero-order valence-electron chi connectivity index (χ0n) is 14.1. The normalized spacial score (nSPS) is 38.9. The first-order valence-corrected chi connectivity index (χ1v) is 9.62. The number of amides is 3. The molecule has 2 aliphatic carbocycles. The van der Waals surface area contributed by atoms with Gasteiger partial charge in [-0.05, 0) is 38.0 Å². The Morgan fingerprint density at radius 2 is 1.67 bits per heavy atom. The fourth-order valence-electron chi connectivity index (χ4n) is 5.76. The first-order valence-electron chi connectivity index (χ1n) is 9.62. The zero-order chi connectivity index (χ0) is 16.3. The van der Waals surface area contributed by atoms with Crippen LogP contribution in [0.1, 0.15) is 57.8 Å².